The number of anilines is 1. The summed E-state index contributed by atoms with van der Waals surface area (Å²) in [7, 11) is 0. The van der Waals surface area contributed by atoms with Crippen LogP contribution in [0.3, 0.4) is 0 Å². The predicted octanol–water partition coefficient (Wildman–Crippen LogP) is 5.97. The summed E-state index contributed by atoms with van der Waals surface area (Å²) in [5, 5.41) is 0.594. The Balaban J connectivity index is 1.46. The Morgan fingerprint density at radius 1 is 0.781 bits per heavy atom. The number of benzene rings is 3. The molecule has 32 heavy (non-hydrogen) atoms. The third kappa shape index (κ3) is 3.96. The van der Waals surface area contributed by atoms with Crippen molar-refractivity contribution in [2.45, 2.75) is 6.54 Å². The number of nitrogens with zero attached hydrogens (tertiary/aromatic N) is 2. The van der Waals surface area contributed by atoms with Crippen molar-refractivity contribution in [3.8, 4) is 0 Å². The molecular formula is C26H18N2O3S. The Morgan fingerprint density at radius 2 is 1.47 bits per heavy atom. The van der Waals surface area contributed by atoms with E-state index in [2.05, 4.69) is 4.98 Å². The van der Waals surface area contributed by atoms with Gasteiger partial charge in [-0.25, -0.2) is 4.98 Å². The molecule has 3 aromatic carbocycles. The van der Waals surface area contributed by atoms with Crippen molar-refractivity contribution in [3.63, 3.8) is 0 Å². The van der Waals surface area contributed by atoms with Gasteiger partial charge in [0.2, 0.25) is 0 Å². The van der Waals surface area contributed by atoms with Crippen LogP contribution in [0, 0.1) is 0 Å². The number of hydrogen-bond acceptors (Lipinski definition) is 5. The lowest BCUT2D eigenvalue weighted by atomic mass is 10.0. The summed E-state index contributed by atoms with van der Waals surface area (Å²) in [4.78, 5) is 32.4. The van der Waals surface area contributed by atoms with E-state index in [-0.39, 0.29) is 18.2 Å². The fourth-order valence-corrected chi connectivity index (χ4v) is 4.40. The molecule has 0 radical (unpaired) electrons. The van der Waals surface area contributed by atoms with Crippen molar-refractivity contribution in [1.29, 1.82) is 0 Å². The zero-order valence-electron chi connectivity index (χ0n) is 17.0. The minimum absolute atomic E-state index is 0.0804. The molecule has 0 aliphatic heterocycles. The zero-order chi connectivity index (χ0) is 21.9. The van der Waals surface area contributed by atoms with Gasteiger partial charge >= 0.3 is 0 Å². The first-order valence-corrected chi connectivity index (χ1v) is 10.9. The lowest BCUT2D eigenvalue weighted by Crippen LogP contribution is -2.30. The summed E-state index contributed by atoms with van der Waals surface area (Å²) in [6.45, 7) is 0.260. The number of hydrogen-bond donors (Lipinski definition) is 0. The van der Waals surface area contributed by atoms with Crippen LogP contribution in [0.4, 0.5) is 5.13 Å². The molecule has 1 amide bonds. The Bertz CT molecular complexity index is 1340. The second-order valence-corrected chi connectivity index (χ2v) is 8.22. The zero-order valence-corrected chi connectivity index (χ0v) is 17.8. The SMILES string of the molecule is O=C(c1ccccc1)c1ccc(C(=O)N(Cc2ccco2)c2nc3ccccc3s2)cc1. The van der Waals surface area contributed by atoms with Crippen molar-refractivity contribution in [1.82, 2.24) is 4.98 Å². The van der Waals surface area contributed by atoms with E-state index < -0.39 is 0 Å². The van der Waals surface area contributed by atoms with E-state index in [4.69, 9.17) is 4.42 Å². The fraction of sp³-hybridized carbons (Fsp3) is 0.0385. The summed E-state index contributed by atoms with van der Waals surface area (Å²) in [5.74, 6) is 0.371. The molecular weight excluding hydrogens is 420 g/mol. The number of amides is 1. The Hall–Kier alpha value is -4.03. The van der Waals surface area contributed by atoms with Gasteiger partial charge in [-0.15, -0.1) is 0 Å². The molecule has 0 aliphatic rings. The van der Waals surface area contributed by atoms with Crippen LogP contribution < -0.4 is 4.90 Å². The van der Waals surface area contributed by atoms with Crippen LogP contribution in [0.5, 0.6) is 0 Å². The van der Waals surface area contributed by atoms with Gasteiger partial charge in [0.05, 0.1) is 23.0 Å². The maximum atomic E-state index is 13.5. The maximum Gasteiger partial charge on any atom is 0.260 e. The molecule has 5 nitrogen and oxygen atoms in total. The van der Waals surface area contributed by atoms with Crippen molar-refractivity contribution in [3.05, 3.63) is 120 Å². The Morgan fingerprint density at radius 3 is 2.19 bits per heavy atom. The highest BCUT2D eigenvalue weighted by Gasteiger charge is 2.23. The van der Waals surface area contributed by atoms with Crippen LogP contribution in [0.15, 0.2) is 102 Å². The lowest BCUT2D eigenvalue weighted by Gasteiger charge is -2.19. The number of ketones is 1. The van der Waals surface area contributed by atoms with Gasteiger partial charge in [-0.2, -0.15) is 0 Å². The van der Waals surface area contributed by atoms with Crippen molar-refractivity contribution in [2.24, 2.45) is 0 Å². The molecule has 0 saturated heterocycles. The second-order valence-electron chi connectivity index (χ2n) is 7.21. The maximum absolute atomic E-state index is 13.5. The van der Waals surface area contributed by atoms with Gasteiger partial charge in [-0.3, -0.25) is 14.5 Å². The minimum Gasteiger partial charge on any atom is -0.467 e. The number of furan rings is 1. The van der Waals surface area contributed by atoms with Crippen LogP contribution in [0.1, 0.15) is 32.0 Å². The minimum atomic E-state index is -0.209. The number of rotatable bonds is 6. The number of thiazole rings is 1. The first kappa shape index (κ1) is 19.9. The number of fused-ring (bicyclic) bond motifs is 1. The van der Waals surface area contributed by atoms with Gasteiger partial charge in [0, 0.05) is 16.7 Å². The van der Waals surface area contributed by atoms with Gasteiger partial charge in [0.15, 0.2) is 10.9 Å². The first-order chi connectivity index (χ1) is 15.7. The van der Waals surface area contributed by atoms with Crippen LogP contribution in [0.25, 0.3) is 10.2 Å². The standard InChI is InChI=1S/C26H18N2O3S/c29-24(18-7-2-1-3-8-18)19-12-14-20(15-13-19)25(30)28(17-21-9-6-16-31-21)26-27-22-10-4-5-11-23(22)32-26/h1-16H,17H2. The predicted molar refractivity (Wildman–Crippen MR) is 125 cm³/mol. The molecule has 0 saturated carbocycles. The molecule has 2 aromatic heterocycles. The average molecular weight is 439 g/mol. The van der Waals surface area contributed by atoms with Crippen LogP contribution >= 0.6 is 11.3 Å². The molecule has 0 spiro atoms. The van der Waals surface area contributed by atoms with Crippen molar-refractivity contribution in [2.75, 3.05) is 4.90 Å². The van der Waals surface area contributed by atoms with E-state index in [1.807, 2.05) is 48.5 Å². The van der Waals surface area contributed by atoms with Gasteiger partial charge in [0.1, 0.15) is 5.76 Å². The topological polar surface area (TPSA) is 63.4 Å². The fourth-order valence-electron chi connectivity index (χ4n) is 3.44. The van der Waals surface area contributed by atoms with Gasteiger partial charge in [0.25, 0.3) is 5.91 Å². The number of carbonyl (C=O) groups is 2. The molecule has 0 atom stereocenters. The molecule has 5 rings (SSSR count). The highest BCUT2D eigenvalue weighted by atomic mass is 32.1. The van der Waals surface area contributed by atoms with E-state index in [1.165, 1.54) is 11.3 Å². The van der Waals surface area contributed by atoms with Gasteiger partial charge in [-0.1, -0.05) is 65.9 Å². The van der Waals surface area contributed by atoms with E-state index in [0.717, 1.165) is 10.2 Å². The molecule has 0 N–H and O–H groups in total. The summed E-state index contributed by atoms with van der Waals surface area (Å²) in [6.07, 6.45) is 1.58. The van der Waals surface area contributed by atoms with Crippen LogP contribution in [-0.2, 0) is 6.54 Å². The van der Waals surface area contributed by atoms with E-state index >= 15 is 0 Å². The summed E-state index contributed by atoms with van der Waals surface area (Å²) >= 11 is 1.45. The van der Waals surface area contributed by atoms with Gasteiger partial charge < -0.3 is 4.42 Å². The first-order valence-electron chi connectivity index (χ1n) is 10.1. The van der Waals surface area contributed by atoms with Crippen LogP contribution in [-0.4, -0.2) is 16.7 Å². The number of para-hydroxylation sites is 1. The molecule has 6 heteroatoms. The molecule has 0 aliphatic carbocycles. The summed E-state index contributed by atoms with van der Waals surface area (Å²) < 4.78 is 6.49. The third-order valence-electron chi connectivity index (χ3n) is 5.08. The lowest BCUT2D eigenvalue weighted by molar-refractivity contribution is 0.0981. The molecule has 0 unspecified atom stereocenters. The Kier molecular flexibility index (Phi) is 5.35. The van der Waals surface area contributed by atoms with E-state index in [9.17, 15) is 9.59 Å². The monoisotopic (exact) mass is 438 g/mol. The van der Waals surface area contributed by atoms with E-state index in [1.54, 1.807) is 53.6 Å². The van der Waals surface area contributed by atoms with E-state index in [0.29, 0.717) is 27.6 Å². The highest BCUT2D eigenvalue weighted by Crippen LogP contribution is 2.31. The largest absolute Gasteiger partial charge is 0.467 e. The smallest absolute Gasteiger partial charge is 0.260 e. The Labute approximate surface area is 188 Å². The third-order valence-corrected chi connectivity index (χ3v) is 6.14. The second kappa shape index (κ2) is 8.61. The molecule has 156 valence electrons. The molecule has 0 fully saturated rings. The molecule has 2 heterocycles. The quantitative estimate of drug-likeness (QED) is 0.307. The molecule has 0 bridgehead atoms. The highest BCUT2D eigenvalue weighted by molar-refractivity contribution is 7.22. The normalized spacial score (nSPS) is 10.9. The molecule has 5 aromatic rings. The average Bonchev–Trinajstić information content (AvgIpc) is 3.52. The van der Waals surface area contributed by atoms with Crippen molar-refractivity contribution < 1.29 is 14.0 Å². The number of carbonyl (C=O) groups excluding carboxylic acids is 2. The summed E-state index contributed by atoms with van der Waals surface area (Å²) in [5.41, 5.74) is 2.46. The summed E-state index contributed by atoms with van der Waals surface area (Å²) in [6, 6.07) is 27.2. The van der Waals surface area contributed by atoms with Crippen LogP contribution in [0.2, 0.25) is 0 Å². The number of aromatic nitrogens is 1. The van der Waals surface area contributed by atoms with Gasteiger partial charge in [-0.05, 0) is 36.4 Å². The van der Waals surface area contributed by atoms with Crippen molar-refractivity contribution >= 4 is 38.4 Å².